The second-order valence-electron chi connectivity index (χ2n) is 7.86. The van der Waals surface area contributed by atoms with Crippen LogP contribution in [0.5, 0.6) is 0 Å². The molecule has 0 bridgehead atoms. The molecule has 0 radical (unpaired) electrons. The van der Waals surface area contributed by atoms with Crippen LogP contribution in [0.2, 0.25) is 0 Å². The standard InChI is InChI=1S/C23H37NO5.ClH/c1-18-19(21(26)23(28-3)22(27-2)20(18)25)12-10-8-6-4-5-7-9-11-13-24-14-16-29-17-15-24;/h4-17H2,1-3H3;1H. The van der Waals surface area contributed by atoms with E-state index in [0.29, 0.717) is 17.6 Å². The molecule has 0 aromatic heterocycles. The summed E-state index contributed by atoms with van der Waals surface area (Å²) in [5.41, 5.74) is 1.07. The van der Waals surface area contributed by atoms with E-state index in [2.05, 4.69) is 4.90 Å². The maximum absolute atomic E-state index is 12.6. The zero-order valence-electron chi connectivity index (χ0n) is 18.8. The molecule has 0 spiro atoms. The van der Waals surface area contributed by atoms with Gasteiger partial charge in [0.25, 0.3) is 0 Å². The van der Waals surface area contributed by atoms with E-state index in [1.807, 2.05) is 0 Å². The van der Waals surface area contributed by atoms with E-state index in [4.69, 9.17) is 14.2 Å². The average Bonchev–Trinajstić information content (AvgIpc) is 2.74. The molecule has 0 atom stereocenters. The first-order valence-corrected chi connectivity index (χ1v) is 11.0. The Morgan fingerprint density at radius 3 is 1.87 bits per heavy atom. The van der Waals surface area contributed by atoms with Gasteiger partial charge in [-0.15, -0.1) is 12.4 Å². The van der Waals surface area contributed by atoms with Gasteiger partial charge in [-0.25, -0.2) is 0 Å². The minimum Gasteiger partial charge on any atom is -0.489 e. The summed E-state index contributed by atoms with van der Waals surface area (Å²) in [6, 6.07) is 0. The highest BCUT2D eigenvalue weighted by atomic mass is 35.5. The van der Waals surface area contributed by atoms with Crippen LogP contribution in [0, 0.1) is 0 Å². The van der Waals surface area contributed by atoms with Crippen LogP contribution in [-0.4, -0.2) is 63.5 Å². The molecule has 1 aliphatic carbocycles. The number of methoxy groups -OCH3 is 2. The number of hydrogen-bond donors (Lipinski definition) is 0. The molecule has 1 heterocycles. The van der Waals surface area contributed by atoms with Gasteiger partial charge < -0.3 is 14.2 Å². The molecule has 0 aromatic carbocycles. The van der Waals surface area contributed by atoms with Gasteiger partial charge in [0.15, 0.2) is 0 Å². The van der Waals surface area contributed by atoms with Gasteiger partial charge in [0.05, 0.1) is 27.4 Å². The Hall–Kier alpha value is -1.37. The predicted octanol–water partition coefficient (Wildman–Crippen LogP) is 4.22. The SMILES string of the molecule is COC1=C(OC)C(=O)C(CCCCCCCCCCN2CCOCC2)=C(C)C1=O.Cl. The van der Waals surface area contributed by atoms with Crippen LogP contribution < -0.4 is 0 Å². The van der Waals surface area contributed by atoms with E-state index in [1.165, 1.54) is 59.3 Å². The number of ketones is 2. The molecule has 0 aromatic rings. The molecule has 2 aliphatic rings. The van der Waals surface area contributed by atoms with Gasteiger partial charge in [0.2, 0.25) is 23.1 Å². The molecule has 6 nitrogen and oxygen atoms in total. The highest BCUT2D eigenvalue weighted by Gasteiger charge is 2.34. The van der Waals surface area contributed by atoms with Crippen molar-refractivity contribution < 1.29 is 23.8 Å². The summed E-state index contributed by atoms with van der Waals surface area (Å²) in [7, 11) is 2.79. The molecule has 1 fully saturated rings. The lowest BCUT2D eigenvalue weighted by Gasteiger charge is -2.26. The van der Waals surface area contributed by atoms with Crippen molar-refractivity contribution in [2.45, 2.75) is 64.7 Å². The summed E-state index contributed by atoms with van der Waals surface area (Å²) < 4.78 is 15.6. The largest absolute Gasteiger partial charge is 0.489 e. The zero-order chi connectivity index (χ0) is 21.1. The lowest BCUT2D eigenvalue weighted by atomic mass is 9.89. The molecule has 172 valence electrons. The summed E-state index contributed by atoms with van der Waals surface area (Å²) in [5.74, 6) is -0.389. The fourth-order valence-corrected chi connectivity index (χ4v) is 4.02. The number of Topliss-reactive ketones (excluding diaryl/α,β-unsaturated/α-hetero) is 2. The van der Waals surface area contributed by atoms with Gasteiger partial charge in [-0.2, -0.15) is 0 Å². The Morgan fingerprint density at radius 2 is 1.30 bits per heavy atom. The molecule has 0 N–H and O–H groups in total. The monoisotopic (exact) mass is 443 g/mol. The zero-order valence-corrected chi connectivity index (χ0v) is 19.6. The van der Waals surface area contributed by atoms with Gasteiger partial charge in [-0.3, -0.25) is 14.5 Å². The maximum atomic E-state index is 12.6. The highest BCUT2D eigenvalue weighted by molar-refractivity contribution is 6.23. The van der Waals surface area contributed by atoms with E-state index < -0.39 is 0 Å². The maximum Gasteiger partial charge on any atom is 0.228 e. The molecule has 2 rings (SSSR count). The second kappa shape index (κ2) is 14.6. The first kappa shape index (κ1) is 26.7. The Labute approximate surface area is 187 Å². The number of allylic oxidation sites excluding steroid dienone is 2. The van der Waals surface area contributed by atoms with Gasteiger partial charge in [0, 0.05) is 24.2 Å². The van der Waals surface area contributed by atoms with Gasteiger partial charge in [0.1, 0.15) is 0 Å². The number of nitrogens with zero attached hydrogens (tertiary/aromatic N) is 1. The summed E-state index contributed by atoms with van der Waals surface area (Å²) in [6.45, 7) is 6.84. The number of carbonyl (C=O) groups is 2. The fourth-order valence-electron chi connectivity index (χ4n) is 4.02. The van der Waals surface area contributed by atoms with Crippen molar-refractivity contribution in [3.8, 4) is 0 Å². The molecular weight excluding hydrogens is 406 g/mol. The molecule has 0 amide bonds. The van der Waals surface area contributed by atoms with E-state index in [1.54, 1.807) is 6.92 Å². The van der Waals surface area contributed by atoms with Crippen molar-refractivity contribution in [3.05, 3.63) is 22.7 Å². The minimum atomic E-state index is -0.240. The van der Waals surface area contributed by atoms with Gasteiger partial charge >= 0.3 is 0 Å². The van der Waals surface area contributed by atoms with Gasteiger partial charge in [-0.1, -0.05) is 38.5 Å². The van der Waals surface area contributed by atoms with Crippen LogP contribution in [0.1, 0.15) is 64.7 Å². The summed E-state index contributed by atoms with van der Waals surface area (Å²) >= 11 is 0. The molecule has 1 saturated heterocycles. The molecule has 30 heavy (non-hydrogen) atoms. The number of ether oxygens (including phenoxy) is 3. The van der Waals surface area contributed by atoms with Crippen molar-refractivity contribution >= 4 is 24.0 Å². The van der Waals surface area contributed by atoms with Crippen molar-refractivity contribution in [1.82, 2.24) is 4.90 Å². The van der Waals surface area contributed by atoms with Crippen molar-refractivity contribution in [2.75, 3.05) is 47.1 Å². The molecule has 7 heteroatoms. The predicted molar refractivity (Wildman–Crippen MR) is 120 cm³/mol. The third-order valence-corrected chi connectivity index (χ3v) is 5.85. The Kier molecular flexibility index (Phi) is 13.0. The van der Waals surface area contributed by atoms with Crippen LogP contribution >= 0.6 is 12.4 Å². The van der Waals surface area contributed by atoms with Crippen LogP contribution in [0.15, 0.2) is 22.7 Å². The van der Waals surface area contributed by atoms with Crippen LogP contribution in [0.4, 0.5) is 0 Å². The molecule has 1 aliphatic heterocycles. The third kappa shape index (κ3) is 7.71. The number of halogens is 1. The van der Waals surface area contributed by atoms with Gasteiger partial charge in [-0.05, 0) is 32.7 Å². The lowest BCUT2D eigenvalue weighted by molar-refractivity contribution is -0.121. The van der Waals surface area contributed by atoms with E-state index in [9.17, 15) is 9.59 Å². The van der Waals surface area contributed by atoms with Crippen molar-refractivity contribution in [2.24, 2.45) is 0 Å². The summed E-state index contributed by atoms with van der Waals surface area (Å²) in [5, 5.41) is 0. The number of morpholine rings is 1. The van der Waals surface area contributed by atoms with E-state index in [-0.39, 0.29) is 35.5 Å². The Balaban J connectivity index is 0.00000450. The first-order chi connectivity index (χ1) is 14.1. The number of carbonyl (C=O) groups excluding carboxylic acids is 2. The summed E-state index contributed by atoms with van der Waals surface area (Å²) in [6.07, 6.45) is 10.2. The smallest absolute Gasteiger partial charge is 0.228 e. The first-order valence-electron chi connectivity index (χ1n) is 11.0. The number of rotatable bonds is 13. The molecule has 0 unspecified atom stereocenters. The van der Waals surface area contributed by atoms with E-state index in [0.717, 1.165) is 39.1 Å². The van der Waals surface area contributed by atoms with Crippen LogP contribution in [0.3, 0.4) is 0 Å². The van der Waals surface area contributed by atoms with Crippen molar-refractivity contribution in [3.63, 3.8) is 0 Å². The minimum absolute atomic E-state index is 0. The Morgan fingerprint density at radius 1 is 0.800 bits per heavy atom. The highest BCUT2D eigenvalue weighted by Crippen LogP contribution is 2.28. The molecule has 0 saturated carbocycles. The average molecular weight is 444 g/mol. The quantitative estimate of drug-likeness (QED) is 0.313. The molecular formula is C23H38ClNO5. The van der Waals surface area contributed by atoms with Crippen LogP contribution in [-0.2, 0) is 23.8 Å². The van der Waals surface area contributed by atoms with Crippen molar-refractivity contribution in [1.29, 1.82) is 0 Å². The summed E-state index contributed by atoms with van der Waals surface area (Å²) in [4.78, 5) is 27.4. The third-order valence-electron chi connectivity index (χ3n) is 5.85. The fraction of sp³-hybridized carbons (Fsp3) is 0.739. The lowest BCUT2D eigenvalue weighted by Crippen LogP contribution is -2.36. The number of unbranched alkanes of at least 4 members (excludes halogenated alkanes) is 7. The van der Waals surface area contributed by atoms with Crippen LogP contribution in [0.25, 0.3) is 0 Å². The Bertz CT molecular complexity index is 623. The van der Waals surface area contributed by atoms with E-state index >= 15 is 0 Å². The normalized spacial score (nSPS) is 18.0. The topological polar surface area (TPSA) is 65.1 Å². The second-order valence-corrected chi connectivity index (χ2v) is 7.86. The number of hydrogen-bond acceptors (Lipinski definition) is 6.